The zero-order valence-electron chi connectivity index (χ0n) is 16.2. The molecule has 5 rings (SSSR count). The Balaban J connectivity index is 1.82. The number of rotatable bonds is 2. The third-order valence-electron chi connectivity index (χ3n) is 5.29. The van der Waals surface area contributed by atoms with E-state index in [1.165, 1.54) is 30.3 Å². The van der Waals surface area contributed by atoms with Crippen LogP contribution in [-0.4, -0.2) is 21.3 Å². The Morgan fingerprint density at radius 1 is 0.903 bits per heavy atom. The van der Waals surface area contributed by atoms with Gasteiger partial charge in [0, 0.05) is 23.3 Å². The Bertz CT molecular complexity index is 1430. The lowest BCUT2D eigenvalue weighted by atomic mass is 9.88. The highest BCUT2D eigenvalue weighted by molar-refractivity contribution is 5.93. The van der Waals surface area contributed by atoms with Crippen molar-refractivity contribution >= 4 is 16.9 Å². The molecule has 3 N–H and O–H groups in total. The number of phenols is 3. The zero-order valence-corrected chi connectivity index (χ0v) is 16.2. The predicted octanol–water partition coefficient (Wildman–Crippen LogP) is 3.92. The molecule has 0 aliphatic carbocycles. The predicted molar refractivity (Wildman–Crippen MR) is 108 cm³/mol. The van der Waals surface area contributed by atoms with E-state index in [2.05, 4.69) is 0 Å². The molecule has 31 heavy (non-hydrogen) atoms. The van der Waals surface area contributed by atoms with E-state index in [1.54, 1.807) is 19.1 Å². The number of carbonyl (C=O) groups is 1. The van der Waals surface area contributed by atoms with Crippen molar-refractivity contribution in [3.05, 3.63) is 69.8 Å². The molecule has 0 amide bonds. The minimum Gasteiger partial charge on any atom is -0.507 e. The lowest BCUT2D eigenvalue weighted by molar-refractivity contribution is -0.135. The summed E-state index contributed by atoms with van der Waals surface area (Å²) < 4.78 is 17.1. The van der Waals surface area contributed by atoms with E-state index in [9.17, 15) is 24.9 Å². The molecule has 0 saturated heterocycles. The molecule has 156 valence electrons. The van der Waals surface area contributed by atoms with E-state index in [0.717, 1.165) is 0 Å². The maximum absolute atomic E-state index is 12.9. The number of hydrogen-bond donors (Lipinski definition) is 3. The molecule has 1 aliphatic rings. The summed E-state index contributed by atoms with van der Waals surface area (Å²) in [4.78, 5) is 25.1. The Morgan fingerprint density at radius 2 is 1.71 bits per heavy atom. The normalized spacial score (nSPS) is 15.6. The van der Waals surface area contributed by atoms with Gasteiger partial charge < -0.3 is 28.9 Å². The highest BCUT2D eigenvalue weighted by atomic mass is 16.5. The first kappa shape index (κ1) is 18.8. The first-order valence-electron chi connectivity index (χ1n) is 9.45. The first-order chi connectivity index (χ1) is 14.8. The van der Waals surface area contributed by atoms with Gasteiger partial charge in [-0.3, -0.25) is 9.59 Å². The van der Waals surface area contributed by atoms with Crippen LogP contribution in [0.25, 0.3) is 22.3 Å². The van der Waals surface area contributed by atoms with Crippen LogP contribution in [0.1, 0.15) is 29.4 Å². The van der Waals surface area contributed by atoms with E-state index in [1.807, 2.05) is 0 Å². The lowest BCUT2D eigenvalue weighted by Gasteiger charge is -2.24. The maximum atomic E-state index is 12.9. The van der Waals surface area contributed by atoms with Crippen LogP contribution < -0.4 is 10.2 Å². The minimum atomic E-state index is -0.584. The Morgan fingerprint density at radius 3 is 2.42 bits per heavy atom. The average molecular weight is 420 g/mol. The van der Waals surface area contributed by atoms with Crippen LogP contribution in [0, 0.1) is 6.92 Å². The highest BCUT2D eigenvalue weighted by Gasteiger charge is 2.35. The second kappa shape index (κ2) is 6.66. The molecule has 1 aliphatic heterocycles. The summed E-state index contributed by atoms with van der Waals surface area (Å²) in [7, 11) is 0. The SMILES string of the molecule is Cc1ccc(C2CC(=O)Oc3cc(O)c4c(=O)cc(-c5ccc(O)c(O)c5)oc4c32)o1. The molecular weight excluding hydrogens is 404 g/mol. The van der Waals surface area contributed by atoms with Crippen molar-refractivity contribution < 1.29 is 33.7 Å². The summed E-state index contributed by atoms with van der Waals surface area (Å²) in [6.45, 7) is 1.77. The third-order valence-corrected chi connectivity index (χ3v) is 5.29. The van der Waals surface area contributed by atoms with E-state index in [-0.39, 0.29) is 46.1 Å². The van der Waals surface area contributed by atoms with Gasteiger partial charge in [-0.05, 0) is 37.3 Å². The third kappa shape index (κ3) is 3.00. The summed E-state index contributed by atoms with van der Waals surface area (Å²) in [6.07, 6.45) is -0.0340. The van der Waals surface area contributed by atoms with Gasteiger partial charge >= 0.3 is 5.97 Å². The number of aryl methyl sites for hydroxylation is 1. The van der Waals surface area contributed by atoms with Crippen molar-refractivity contribution in [3.8, 4) is 34.3 Å². The highest BCUT2D eigenvalue weighted by Crippen LogP contribution is 2.46. The maximum Gasteiger partial charge on any atom is 0.312 e. The van der Waals surface area contributed by atoms with E-state index >= 15 is 0 Å². The van der Waals surface area contributed by atoms with Crippen LogP contribution >= 0.6 is 0 Å². The van der Waals surface area contributed by atoms with Gasteiger partial charge in [0.2, 0.25) is 0 Å². The topological polar surface area (TPSA) is 130 Å². The Labute approximate surface area is 174 Å². The van der Waals surface area contributed by atoms with Gasteiger partial charge in [0.1, 0.15) is 39.7 Å². The molecule has 0 spiro atoms. The minimum absolute atomic E-state index is 0.0340. The van der Waals surface area contributed by atoms with Crippen molar-refractivity contribution in [1.29, 1.82) is 0 Å². The number of fused-ring (bicyclic) bond motifs is 3. The molecule has 8 nitrogen and oxygen atoms in total. The van der Waals surface area contributed by atoms with Crippen molar-refractivity contribution in [3.63, 3.8) is 0 Å². The molecule has 1 atom stereocenters. The molecule has 0 saturated carbocycles. The van der Waals surface area contributed by atoms with Crippen LogP contribution in [0.5, 0.6) is 23.0 Å². The van der Waals surface area contributed by atoms with Gasteiger partial charge in [0.05, 0.1) is 12.3 Å². The van der Waals surface area contributed by atoms with E-state index < -0.39 is 17.3 Å². The fourth-order valence-corrected chi connectivity index (χ4v) is 3.86. The molecule has 2 aromatic carbocycles. The van der Waals surface area contributed by atoms with Crippen molar-refractivity contribution in [2.45, 2.75) is 19.3 Å². The molecule has 0 fully saturated rings. The van der Waals surface area contributed by atoms with Crippen LogP contribution in [0.15, 0.2) is 56.1 Å². The largest absolute Gasteiger partial charge is 0.507 e. The van der Waals surface area contributed by atoms with Gasteiger partial charge in [0.25, 0.3) is 0 Å². The number of ether oxygens (including phenoxy) is 1. The summed E-state index contributed by atoms with van der Waals surface area (Å²) in [5, 5.41) is 29.8. The number of phenolic OH excluding ortho intramolecular Hbond substituents is 3. The lowest BCUT2D eigenvalue weighted by Crippen LogP contribution is -2.21. The molecular formula is C23H16O8. The molecule has 8 heteroatoms. The van der Waals surface area contributed by atoms with Crippen LogP contribution in [0.4, 0.5) is 0 Å². The monoisotopic (exact) mass is 420 g/mol. The number of benzene rings is 2. The molecule has 3 heterocycles. The summed E-state index contributed by atoms with van der Waals surface area (Å²) in [6, 6.07) is 9.90. The fraction of sp³-hybridized carbons (Fsp3) is 0.130. The van der Waals surface area contributed by atoms with Gasteiger partial charge in [-0.15, -0.1) is 0 Å². The smallest absolute Gasteiger partial charge is 0.312 e. The molecule has 0 radical (unpaired) electrons. The number of aromatic hydroxyl groups is 3. The second-order valence-corrected chi connectivity index (χ2v) is 7.37. The van der Waals surface area contributed by atoms with Crippen LogP contribution in [-0.2, 0) is 4.79 Å². The standard InChI is InChI=1S/C23H16O8/c1-10-2-5-17(29-10)12-7-20(28)30-19-9-16(27)22-15(26)8-18(31-23(22)21(12)19)11-3-4-13(24)14(25)6-11/h2-6,8-9,12,24-25,27H,7H2,1H3. The van der Waals surface area contributed by atoms with Gasteiger partial charge in [-0.25, -0.2) is 0 Å². The summed E-state index contributed by atoms with van der Waals surface area (Å²) in [5.41, 5.74) is 0.278. The molecule has 0 bridgehead atoms. The van der Waals surface area contributed by atoms with E-state index in [4.69, 9.17) is 13.6 Å². The summed E-state index contributed by atoms with van der Waals surface area (Å²) >= 11 is 0. The van der Waals surface area contributed by atoms with E-state index in [0.29, 0.717) is 22.6 Å². The quantitative estimate of drug-likeness (QED) is 0.253. The second-order valence-electron chi connectivity index (χ2n) is 7.37. The van der Waals surface area contributed by atoms with Gasteiger partial charge in [-0.1, -0.05) is 0 Å². The van der Waals surface area contributed by atoms with Crippen molar-refractivity contribution in [2.24, 2.45) is 0 Å². The van der Waals surface area contributed by atoms with Gasteiger partial charge in [0.15, 0.2) is 16.9 Å². The van der Waals surface area contributed by atoms with Crippen molar-refractivity contribution in [2.75, 3.05) is 0 Å². The molecule has 1 unspecified atom stereocenters. The Hall–Kier alpha value is -4.20. The average Bonchev–Trinajstić information content (AvgIpc) is 3.15. The molecule has 4 aromatic rings. The number of hydrogen-bond acceptors (Lipinski definition) is 8. The fourth-order valence-electron chi connectivity index (χ4n) is 3.86. The Kier molecular flexibility index (Phi) is 4.04. The number of esters is 1. The van der Waals surface area contributed by atoms with Crippen LogP contribution in [0.3, 0.4) is 0 Å². The zero-order chi connectivity index (χ0) is 21.9. The van der Waals surface area contributed by atoms with Gasteiger partial charge in [-0.2, -0.15) is 0 Å². The molecule has 2 aromatic heterocycles. The van der Waals surface area contributed by atoms with Crippen molar-refractivity contribution in [1.82, 2.24) is 0 Å². The summed E-state index contributed by atoms with van der Waals surface area (Å²) in [5.74, 6) is -0.837. The number of furan rings is 1. The first-order valence-corrected chi connectivity index (χ1v) is 9.45. The number of carbonyl (C=O) groups excluding carboxylic acids is 1. The van der Waals surface area contributed by atoms with Crippen LogP contribution in [0.2, 0.25) is 0 Å².